The topological polar surface area (TPSA) is 38.5 Å². The molecule has 1 aliphatic rings. The van der Waals surface area contributed by atoms with Crippen molar-refractivity contribution in [3.8, 4) is 0 Å². The molecule has 2 rings (SSSR count). The van der Waals surface area contributed by atoms with Crippen molar-refractivity contribution in [3.05, 3.63) is 22.4 Å². The fourth-order valence-corrected chi connectivity index (χ4v) is 3.13. The second-order valence-corrected chi connectivity index (χ2v) is 4.92. The van der Waals surface area contributed by atoms with Gasteiger partial charge in [-0.3, -0.25) is 4.90 Å². The van der Waals surface area contributed by atoms with Crippen LogP contribution in [0.5, 0.6) is 0 Å². The zero-order valence-electron chi connectivity index (χ0n) is 9.06. The molecule has 1 aromatic heterocycles. The summed E-state index contributed by atoms with van der Waals surface area (Å²) in [4.78, 5) is 3.82. The number of ether oxygens (including phenoxy) is 1. The van der Waals surface area contributed by atoms with Gasteiger partial charge in [-0.15, -0.1) is 11.3 Å². The molecule has 0 spiro atoms. The van der Waals surface area contributed by atoms with Crippen LogP contribution in [0.15, 0.2) is 17.5 Å². The van der Waals surface area contributed by atoms with E-state index in [2.05, 4.69) is 22.4 Å². The number of methoxy groups -OCH3 is 1. The Morgan fingerprint density at radius 2 is 2.53 bits per heavy atom. The molecule has 2 heterocycles. The number of nitrogens with zero attached hydrogens (tertiary/aromatic N) is 1. The summed E-state index contributed by atoms with van der Waals surface area (Å²) >= 11 is 1.80. The molecule has 0 radical (unpaired) electrons. The van der Waals surface area contributed by atoms with E-state index < -0.39 is 0 Å². The van der Waals surface area contributed by atoms with E-state index in [1.165, 1.54) is 4.88 Å². The molecule has 3 nitrogen and oxygen atoms in total. The quantitative estimate of drug-likeness (QED) is 0.845. The smallest absolute Gasteiger partial charge is 0.0594 e. The van der Waals surface area contributed by atoms with Crippen LogP contribution < -0.4 is 5.73 Å². The Morgan fingerprint density at radius 3 is 3.20 bits per heavy atom. The van der Waals surface area contributed by atoms with Crippen LogP contribution in [0.1, 0.15) is 17.3 Å². The standard InChI is InChI=1S/C11H18N2OS/c1-14-7-6-13-5-4-9(12)11(13)10-3-2-8-15-10/h2-3,8-9,11H,4-7,12H2,1H3. The molecule has 1 aromatic rings. The first-order valence-corrected chi connectivity index (χ1v) is 6.23. The average molecular weight is 226 g/mol. The Morgan fingerprint density at radius 1 is 1.67 bits per heavy atom. The molecule has 1 fully saturated rings. The molecule has 0 aromatic carbocycles. The highest BCUT2D eigenvalue weighted by molar-refractivity contribution is 7.10. The third-order valence-corrected chi connectivity index (χ3v) is 3.91. The molecule has 0 amide bonds. The van der Waals surface area contributed by atoms with Crippen molar-refractivity contribution in [2.45, 2.75) is 18.5 Å². The van der Waals surface area contributed by atoms with Gasteiger partial charge in [-0.2, -0.15) is 0 Å². The Bertz CT molecular complexity index is 289. The molecule has 84 valence electrons. The van der Waals surface area contributed by atoms with Gasteiger partial charge in [0.25, 0.3) is 0 Å². The van der Waals surface area contributed by atoms with Crippen LogP contribution in [-0.2, 0) is 4.74 Å². The lowest BCUT2D eigenvalue weighted by molar-refractivity contribution is 0.140. The largest absolute Gasteiger partial charge is 0.383 e. The highest BCUT2D eigenvalue weighted by Gasteiger charge is 2.32. The van der Waals surface area contributed by atoms with Crippen LogP contribution in [0.3, 0.4) is 0 Å². The first kappa shape index (κ1) is 11.1. The summed E-state index contributed by atoms with van der Waals surface area (Å²) in [7, 11) is 1.75. The monoisotopic (exact) mass is 226 g/mol. The number of hydrogen-bond acceptors (Lipinski definition) is 4. The predicted molar refractivity (Wildman–Crippen MR) is 63.1 cm³/mol. The van der Waals surface area contributed by atoms with Gasteiger partial charge in [0.2, 0.25) is 0 Å². The lowest BCUT2D eigenvalue weighted by atomic mass is 10.1. The van der Waals surface area contributed by atoms with Gasteiger partial charge in [0.1, 0.15) is 0 Å². The highest BCUT2D eigenvalue weighted by atomic mass is 32.1. The zero-order valence-corrected chi connectivity index (χ0v) is 9.87. The fraction of sp³-hybridized carbons (Fsp3) is 0.636. The second kappa shape index (κ2) is 5.07. The number of hydrogen-bond donors (Lipinski definition) is 1. The van der Waals surface area contributed by atoms with E-state index in [9.17, 15) is 0 Å². The summed E-state index contributed by atoms with van der Waals surface area (Å²) in [6.07, 6.45) is 1.09. The van der Waals surface area contributed by atoms with Gasteiger partial charge in [-0.25, -0.2) is 0 Å². The van der Waals surface area contributed by atoms with Gasteiger partial charge in [-0.1, -0.05) is 6.07 Å². The van der Waals surface area contributed by atoms with Gasteiger partial charge in [0.15, 0.2) is 0 Å². The van der Waals surface area contributed by atoms with Crippen LogP contribution in [0, 0.1) is 0 Å². The Hall–Kier alpha value is -0.420. The highest BCUT2D eigenvalue weighted by Crippen LogP contribution is 2.33. The second-order valence-electron chi connectivity index (χ2n) is 3.94. The Labute approximate surface area is 94.8 Å². The minimum absolute atomic E-state index is 0.278. The van der Waals surface area contributed by atoms with E-state index in [4.69, 9.17) is 10.5 Å². The maximum atomic E-state index is 6.16. The lowest BCUT2D eigenvalue weighted by Crippen LogP contribution is -2.33. The summed E-state index contributed by atoms with van der Waals surface area (Å²) in [5.74, 6) is 0. The minimum atomic E-state index is 0.278. The molecular weight excluding hydrogens is 208 g/mol. The molecule has 0 bridgehead atoms. The normalized spacial score (nSPS) is 27.3. The van der Waals surface area contributed by atoms with E-state index in [0.717, 1.165) is 26.1 Å². The van der Waals surface area contributed by atoms with Crippen molar-refractivity contribution in [2.75, 3.05) is 26.8 Å². The first-order valence-electron chi connectivity index (χ1n) is 5.35. The maximum absolute atomic E-state index is 6.16. The summed E-state index contributed by atoms with van der Waals surface area (Å²) in [6.45, 7) is 2.86. The molecule has 2 N–H and O–H groups in total. The predicted octanol–water partition coefficient (Wildman–Crippen LogP) is 1.47. The van der Waals surface area contributed by atoms with Crippen molar-refractivity contribution in [1.29, 1.82) is 0 Å². The lowest BCUT2D eigenvalue weighted by Gasteiger charge is -2.25. The van der Waals surface area contributed by atoms with E-state index in [1.54, 1.807) is 18.4 Å². The first-order chi connectivity index (χ1) is 7.33. The summed E-state index contributed by atoms with van der Waals surface area (Å²) < 4.78 is 5.13. The molecule has 4 heteroatoms. The van der Waals surface area contributed by atoms with Crippen LogP contribution in [0.2, 0.25) is 0 Å². The van der Waals surface area contributed by atoms with Crippen LogP contribution in [-0.4, -0.2) is 37.7 Å². The number of thiophene rings is 1. The fourth-order valence-electron chi connectivity index (χ4n) is 2.19. The van der Waals surface area contributed by atoms with Crippen molar-refractivity contribution < 1.29 is 4.74 Å². The van der Waals surface area contributed by atoms with Gasteiger partial charge in [0.05, 0.1) is 12.6 Å². The summed E-state index contributed by atoms with van der Waals surface area (Å²) in [6, 6.07) is 4.96. The van der Waals surface area contributed by atoms with Gasteiger partial charge >= 0.3 is 0 Å². The SMILES string of the molecule is COCCN1CCC(N)C1c1cccs1. The van der Waals surface area contributed by atoms with Gasteiger partial charge < -0.3 is 10.5 Å². The third kappa shape index (κ3) is 2.39. The summed E-state index contributed by atoms with van der Waals surface area (Å²) in [5, 5.41) is 2.12. The third-order valence-electron chi connectivity index (χ3n) is 2.97. The number of nitrogens with two attached hydrogens (primary N) is 1. The molecule has 0 saturated carbocycles. The molecular formula is C11H18N2OS. The molecule has 15 heavy (non-hydrogen) atoms. The zero-order chi connectivity index (χ0) is 10.7. The van der Waals surface area contributed by atoms with Crippen molar-refractivity contribution in [1.82, 2.24) is 4.90 Å². The Balaban J connectivity index is 2.05. The van der Waals surface area contributed by atoms with Crippen molar-refractivity contribution >= 4 is 11.3 Å². The summed E-state index contributed by atoms with van der Waals surface area (Å²) in [5.41, 5.74) is 6.16. The van der Waals surface area contributed by atoms with E-state index >= 15 is 0 Å². The van der Waals surface area contributed by atoms with Gasteiger partial charge in [-0.05, 0) is 17.9 Å². The van der Waals surface area contributed by atoms with Crippen molar-refractivity contribution in [3.63, 3.8) is 0 Å². The average Bonchev–Trinajstić information content (AvgIpc) is 2.84. The molecule has 0 aliphatic carbocycles. The van der Waals surface area contributed by atoms with Gasteiger partial charge in [0, 0.05) is 31.1 Å². The van der Waals surface area contributed by atoms with E-state index in [1.807, 2.05) is 0 Å². The molecule has 1 saturated heterocycles. The van der Waals surface area contributed by atoms with Crippen LogP contribution >= 0.6 is 11.3 Å². The maximum Gasteiger partial charge on any atom is 0.0594 e. The number of likely N-dealkylation sites (tertiary alicyclic amines) is 1. The van der Waals surface area contributed by atoms with Crippen molar-refractivity contribution in [2.24, 2.45) is 5.73 Å². The number of rotatable bonds is 4. The minimum Gasteiger partial charge on any atom is -0.383 e. The molecule has 1 aliphatic heterocycles. The van der Waals surface area contributed by atoms with E-state index in [-0.39, 0.29) is 6.04 Å². The van der Waals surface area contributed by atoms with Crippen LogP contribution in [0.4, 0.5) is 0 Å². The Kier molecular flexibility index (Phi) is 3.75. The molecule has 2 atom stereocenters. The van der Waals surface area contributed by atoms with Crippen LogP contribution in [0.25, 0.3) is 0 Å². The molecule has 2 unspecified atom stereocenters. The van der Waals surface area contributed by atoms with E-state index in [0.29, 0.717) is 6.04 Å².